The monoisotopic (exact) mass is 317 g/mol. The smallest absolute Gasteiger partial charge is 0.289 e. The summed E-state index contributed by atoms with van der Waals surface area (Å²) >= 11 is 0. The van der Waals surface area contributed by atoms with Gasteiger partial charge in [-0.25, -0.2) is 4.98 Å². The van der Waals surface area contributed by atoms with E-state index in [1.807, 2.05) is 54.6 Å². The fraction of sp³-hybridized carbons (Fsp3) is 0.0526. The fourth-order valence-corrected chi connectivity index (χ4v) is 2.54. The summed E-state index contributed by atoms with van der Waals surface area (Å²) in [5.41, 5.74) is 16.3. The molecule has 0 amide bonds. The molecule has 3 rings (SSSR count). The molecule has 0 fully saturated rings. The molecule has 0 unspecified atom stereocenters. The van der Waals surface area contributed by atoms with E-state index in [-0.39, 0.29) is 0 Å². The van der Waals surface area contributed by atoms with Gasteiger partial charge < -0.3 is 10.5 Å². The largest absolute Gasteiger partial charge is 0.497 e. The quantitative estimate of drug-likeness (QED) is 0.725. The molecule has 0 aliphatic carbocycles. The number of methoxy groups -OCH3 is 1. The van der Waals surface area contributed by atoms with E-state index < -0.39 is 0 Å². The third-order valence-electron chi connectivity index (χ3n) is 3.83. The van der Waals surface area contributed by atoms with Crippen LogP contribution in [0.3, 0.4) is 0 Å². The Balaban J connectivity index is 2.16. The lowest BCUT2D eigenvalue weighted by molar-refractivity contribution is -0.346. The molecule has 0 aliphatic rings. The van der Waals surface area contributed by atoms with Crippen LogP contribution in [0.4, 0.5) is 11.5 Å². The van der Waals surface area contributed by atoms with Crippen molar-refractivity contribution in [3.05, 3.63) is 60.2 Å². The number of hydrogen-bond donors (Lipinski definition) is 2. The average molecular weight is 317 g/mol. The van der Waals surface area contributed by atoms with Crippen molar-refractivity contribution in [3.63, 3.8) is 0 Å². The molecule has 5 N–H and O–H groups in total. The number of nitrogens with two attached hydrogens (primary N) is 2. The number of aromatic nitrogens is 1. The molecule has 0 saturated heterocycles. The lowest BCUT2D eigenvalue weighted by Crippen LogP contribution is -2.16. The van der Waals surface area contributed by atoms with E-state index >= 15 is 0 Å². The number of nitrogens with one attached hydrogen (secondary N) is 1. The maximum absolute atomic E-state index is 9.47. The Morgan fingerprint density at radius 1 is 0.958 bits per heavy atom. The summed E-state index contributed by atoms with van der Waals surface area (Å²) in [5.74, 6) is 1.09. The van der Waals surface area contributed by atoms with Crippen molar-refractivity contribution in [1.29, 1.82) is 5.26 Å². The van der Waals surface area contributed by atoms with E-state index in [0.717, 1.165) is 28.1 Å². The SMILES string of the molecule is COc1ccc(-c2cc(-c3ccc(N)cc3)[nH+]c(N)c2C#N)cc1. The van der Waals surface area contributed by atoms with Crippen LogP contribution in [0.15, 0.2) is 54.6 Å². The van der Waals surface area contributed by atoms with E-state index in [1.54, 1.807) is 7.11 Å². The molecule has 118 valence electrons. The van der Waals surface area contributed by atoms with Gasteiger partial charge in [-0.15, -0.1) is 0 Å². The highest BCUT2D eigenvalue weighted by atomic mass is 16.5. The maximum atomic E-state index is 9.47. The van der Waals surface area contributed by atoms with E-state index in [0.29, 0.717) is 17.1 Å². The molecule has 1 heterocycles. The molecule has 3 aromatic rings. The number of benzene rings is 2. The molecular weight excluding hydrogens is 300 g/mol. The summed E-state index contributed by atoms with van der Waals surface area (Å²) in [7, 11) is 1.62. The first-order valence-electron chi connectivity index (χ1n) is 7.38. The minimum absolute atomic E-state index is 0.331. The van der Waals surface area contributed by atoms with E-state index in [2.05, 4.69) is 11.1 Å². The molecule has 1 aromatic heterocycles. The molecule has 5 heteroatoms. The second kappa shape index (κ2) is 6.31. The number of hydrogen-bond acceptors (Lipinski definition) is 4. The van der Waals surface area contributed by atoms with Gasteiger partial charge >= 0.3 is 0 Å². The van der Waals surface area contributed by atoms with Gasteiger partial charge in [-0.2, -0.15) is 5.26 Å². The number of ether oxygens (including phenoxy) is 1. The van der Waals surface area contributed by atoms with Crippen molar-refractivity contribution in [2.45, 2.75) is 0 Å². The van der Waals surface area contributed by atoms with Crippen LogP contribution < -0.4 is 21.2 Å². The first kappa shape index (κ1) is 15.4. The van der Waals surface area contributed by atoms with E-state index in [1.165, 1.54) is 0 Å². The Labute approximate surface area is 140 Å². The Morgan fingerprint density at radius 3 is 2.17 bits per heavy atom. The summed E-state index contributed by atoms with van der Waals surface area (Å²) in [5, 5.41) is 9.47. The number of pyridine rings is 1. The van der Waals surface area contributed by atoms with Crippen molar-refractivity contribution < 1.29 is 9.72 Å². The molecule has 2 aromatic carbocycles. The molecule has 0 radical (unpaired) electrons. The van der Waals surface area contributed by atoms with Crippen molar-refractivity contribution in [3.8, 4) is 34.2 Å². The normalized spacial score (nSPS) is 10.2. The molecular formula is C19H17N4O+. The highest BCUT2D eigenvalue weighted by Gasteiger charge is 2.17. The topological polar surface area (TPSA) is 99.2 Å². The van der Waals surface area contributed by atoms with Gasteiger partial charge in [0.1, 0.15) is 23.1 Å². The number of nitrogens with zero attached hydrogens (tertiary/aromatic N) is 1. The highest BCUT2D eigenvalue weighted by molar-refractivity contribution is 5.78. The zero-order valence-electron chi connectivity index (χ0n) is 13.2. The summed E-state index contributed by atoms with van der Waals surface area (Å²) < 4.78 is 5.18. The first-order chi connectivity index (χ1) is 11.6. The predicted octanol–water partition coefficient (Wildman–Crippen LogP) is 2.88. The predicted molar refractivity (Wildman–Crippen MR) is 94.0 cm³/mol. The standard InChI is InChI=1S/C19H16N4O/c1-24-15-8-4-12(5-9-15)16-10-18(23-19(22)17(16)11-20)13-2-6-14(21)7-3-13/h2-10H,21H2,1H3,(H2,22,23)/p+1. The summed E-state index contributed by atoms with van der Waals surface area (Å²) in [6.07, 6.45) is 0. The van der Waals surface area contributed by atoms with Gasteiger partial charge in [-0.3, -0.25) is 5.73 Å². The third-order valence-corrected chi connectivity index (χ3v) is 3.83. The van der Waals surface area contributed by atoms with Crippen molar-refractivity contribution >= 4 is 11.5 Å². The number of anilines is 2. The lowest BCUT2D eigenvalue weighted by Gasteiger charge is -2.08. The molecule has 0 atom stereocenters. The van der Waals surface area contributed by atoms with Crippen molar-refractivity contribution in [2.75, 3.05) is 18.6 Å². The van der Waals surface area contributed by atoms with Crippen LogP contribution >= 0.6 is 0 Å². The van der Waals surface area contributed by atoms with Gasteiger partial charge in [0.15, 0.2) is 0 Å². The zero-order chi connectivity index (χ0) is 17.1. The van der Waals surface area contributed by atoms with E-state index in [9.17, 15) is 5.26 Å². The highest BCUT2D eigenvalue weighted by Crippen LogP contribution is 2.30. The average Bonchev–Trinajstić information content (AvgIpc) is 2.61. The van der Waals surface area contributed by atoms with Crippen molar-refractivity contribution in [1.82, 2.24) is 0 Å². The number of aromatic amines is 1. The number of nitriles is 1. The molecule has 24 heavy (non-hydrogen) atoms. The third kappa shape index (κ3) is 2.85. The van der Waals surface area contributed by atoms with Crippen LogP contribution in [0.2, 0.25) is 0 Å². The Morgan fingerprint density at radius 2 is 1.58 bits per heavy atom. The van der Waals surface area contributed by atoms with E-state index in [4.69, 9.17) is 16.2 Å². The van der Waals surface area contributed by atoms with Gasteiger partial charge in [0.25, 0.3) is 5.82 Å². The summed E-state index contributed by atoms with van der Waals surface area (Å²) in [4.78, 5) is 3.09. The van der Waals surface area contributed by atoms with Gasteiger partial charge in [-0.05, 0) is 48.0 Å². The molecule has 5 nitrogen and oxygen atoms in total. The number of rotatable bonds is 3. The van der Waals surface area contributed by atoms with Crippen LogP contribution in [-0.2, 0) is 0 Å². The zero-order valence-corrected chi connectivity index (χ0v) is 13.2. The fourth-order valence-electron chi connectivity index (χ4n) is 2.54. The van der Waals surface area contributed by atoms with Gasteiger partial charge in [0.05, 0.1) is 7.11 Å². The van der Waals surface area contributed by atoms with Gasteiger partial charge in [0, 0.05) is 16.8 Å². The minimum atomic E-state index is 0.331. The Bertz CT molecular complexity index is 910. The molecule has 0 saturated carbocycles. The second-order valence-corrected chi connectivity index (χ2v) is 5.35. The molecule has 0 bridgehead atoms. The maximum Gasteiger partial charge on any atom is 0.289 e. The van der Waals surface area contributed by atoms with Gasteiger partial charge in [0.2, 0.25) is 0 Å². The van der Waals surface area contributed by atoms with Crippen LogP contribution in [0.25, 0.3) is 22.4 Å². The van der Waals surface area contributed by atoms with Crippen LogP contribution in [0, 0.1) is 11.3 Å². The number of nitrogen functional groups attached to an aromatic ring is 2. The second-order valence-electron chi connectivity index (χ2n) is 5.35. The van der Waals surface area contributed by atoms with Crippen molar-refractivity contribution in [2.24, 2.45) is 0 Å². The summed E-state index contributed by atoms with van der Waals surface area (Å²) in [6.45, 7) is 0. The first-order valence-corrected chi connectivity index (χ1v) is 7.38. The lowest BCUT2D eigenvalue weighted by atomic mass is 9.98. The minimum Gasteiger partial charge on any atom is -0.497 e. The molecule has 0 spiro atoms. The Hall–Kier alpha value is -3.52. The van der Waals surface area contributed by atoms with Crippen LogP contribution in [0.5, 0.6) is 5.75 Å². The molecule has 0 aliphatic heterocycles. The number of H-pyrrole nitrogens is 1. The summed E-state index contributed by atoms with van der Waals surface area (Å²) in [6, 6.07) is 19.1. The van der Waals surface area contributed by atoms with Gasteiger partial charge in [-0.1, -0.05) is 12.1 Å². The Kier molecular flexibility index (Phi) is 4.04. The van der Waals surface area contributed by atoms with Crippen LogP contribution in [0.1, 0.15) is 5.56 Å². The van der Waals surface area contributed by atoms with Crippen LogP contribution in [-0.4, -0.2) is 7.11 Å².